The Hall–Kier alpha value is 1.01. The van der Waals surface area contributed by atoms with E-state index in [1.54, 1.807) is 6.26 Å². The van der Waals surface area contributed by atoms with Crippen LogP contribution < -0.4 is 0 Å². The van der Waals surface area contributed by atoms with Gasteiger partial charge in [0, 0.05) is 35.6 Å². The number of hydrogen-bond acceptors (Lipinski definition) is 4. The summed E-state index contributed by atoms with van der Waals surface area (Å²) in [6.45, 7) is 4.14. The van der Waals surface area contributed by atoms with E-state index in [1.807, 2.05) is 0 Å². The second-order valence-electron chi connectivity index (χ2n) is 0.881. The molecule has 0 atom stereocenters. The third kappa shape index (κ3) is 17.6. The smallest absolute Gasteiger partial charge is 0.0182 e. The number of hydrogen-bond donors (Lipinski definition) is 1. The van der Waals surface area contributed by atoms with Crippen LogP contribution in [-0.4, -0.2) is 17.8 Å². The Kier molecular flexibility index (Phi) is 22.5. The van der Waals surface area contributed by atoms with Gasteiger partial charge in [0.1, 0.15) is 0 Å². The molecule has 0 radical (unpaired) electrons. The molecule has 0 aliphatic carbocycles. The van der Waals surface area contributed by atoms with Crippen molar-refractivity contribution in [1.82, 2.24) is 0 Å². The van der Waals surface area contributed by atoms with Crippen LogP contribution in [0.4, 0.5) is 0 Å². The average molecular weight is 186 g/mol. The van der Waals surface area contributed by atoms with E-state index in [0.717, 1.165) is 11.5 Å². The largest absolute Gasteiger partial charge is 0.247 e. The number of rotatable bonds is 4. The second kappa shape index (κ2) is 16.0. The van der Waals surface area contributed by atoms with Crippen LogP contribution in [0.15, 0.2) is 0 Å². The average Bonchev–Trinajstić information content (AvgIpc) is 1.94. The molecule has 0 fully saturated rings. The van der Waals surface area contributed by atoms with Gasteiger partial charge in [-0.2, -0.15) is 12.6 Å². The minimum absolute atomic E-state index is 1.03. The summed E-state index contributed by atoms with van der Waals surface area (Å²) in [5.41, 5.74) is 0. The first-order chi connectivity index (χ1) is 4.41. The van der Waals surface area contributed by atoms with Gasteiger partial charge in [0.2, 0.25) is 0 Å². The lowest BCUT2D eigenvalue weighted by molar-refractivity contribution is 0.759. The van der Waals surface area contributed by atoms with E-state index in [9.17, 15) is 0 Å². The molecule has 0 rings (SSSR count). The quantitative estimate of drug-likeness (QED) is 0.411. The molecular formula is C5H14OS3. The molecular weight excluding hydrogens is 172 g/mol. The van der Waals surface area contributed by atoms with Crippen molar-refractivity contribution in [2.45, 2.75) is 13.8 Å². The van der Waals surface area contributed by atoms with Crippen LogP contribution in [0, 0.1) is 0 Å². The molecule has 0 bridgehead atoms. The van der Waals surface area contributed by atoms with Gasteiger partial charge in [-0.05, 0) is 6.26 Å². The van der Waals surface area contributed by atoms with E-state index < -0.39 is 0 Å². The van der Waals surface area contributed by atoms with Crippen LogP contribution >= 0.6 is 36.7 Å². The monoisotopic (exact) mass is 186 g/mol. The predicted molar refractivity (Wildman–Crippen MR) is 52.3 cm³/mol. The molecule has 0 saturated carbocycles. The highest BCUT2D eigenvalue weighted by Crippen LogP contribution is 2.12. The highest BCUT2D eigenvalue weighted by atomic mass is 32.2. The lowest BCUT2D eigenvalue weighted by Crippen LogP contribution is -1.68. The summed E-state index contributed by atoms with van der Waals surface area (Å²) >= 11 is 6.52. The highest BCUT2D eigenvalue weighted by Gasteiger charge is 1.80. The predicted octanol–water partition coefficient (Wildman–Crippen LogP) is 2.89. The van der Waals surface area contributed by atoms with E-state index in [2.05, 4.69) is 26.5 Å². The summed E-state index contributed by atoms with van der Waals surface area (Å²) in [6, 6.07) is 0. The molecule has 0 aliphatic rings. The second-order valence-corrected chi connectivity index (χ2v) is 3.05. The van der Waals surface area contributed by atoms with Crippen LogP contribution in [0.5, 0.6) is 0 Å². The maximum atomic E-state index is 4.97. The summed E-state index contributed by atoms with van der Waals surface area (Å²) < 4.78 is 4.97. The van der Waals surface area contributed by atoms with Gasteiger partial charge in [-0.25, -0.2) is 3.63 Å². The summed E-state index contributed by atoms with van der Waals surface area (Å²) in [4.78, 5) is 0. The van der Waals surface area contributed by atoms with Gasteiger partial charge in [0.25, 0.3) is 0 Å². The molecule has 0 aromatic rings. The standard InChI is InChI=1S/C4H10OS2.CH4S/c1-3-6-5-7-4-2;1-2/h3-4H2,1-2H3;2H,1H3. The molecule has 0 aromatic heterocycles. The van der Waals surface area contributed by atoms with Gasteiger partial charge in [0.05, 0.1) is 0 Å². The van der Waals surface area contributed by atoms with Gasteiger partial charge in [-0.15, -0.1) is 0 Å². The minimum atomic E-state index is 1.03. The Labute approximate surface area is 72.1 Å². The zero-order chi connectivity index (χ0) is 7.54. The first-order valence-corrected chi connectivity index (χ1v) is 5.49. The third-order valence-corrected chi connectivity index (χ3v) is 1.57. The van der Waals surface area contributed by atoms with Gasteiger partial charge in [0.15, 0.2) is 0 Å². The van der Waals surface area contributed by atoms with Gasteiger partial charge >= 0.3 is 0 Å². The van der Waals surface area contributed by atoms with Crippen LogP contribution in [0.1, 0.15) is 13.8 Å². The Balaban J connectivity index is 0. The topological polar surface area (TPSA) is 9.23 Å². The molecule has 0 saturated heterocycles. The van der Waals surface area contributed by atoms with Crippen LogP contribution in [0.2, 0.25) is 0 Å². The molecule has 9 heavy (non-hydrogen) atoms. The first kappa shape index (κ1) is 12.7. The van der Waals surface area contributed by atoms with Crippen molar-refractivity contribution in [2.24, 2.45) is 0 Å². The molecule has 0 heterocycles. The van der Waals surface area contributed by atoms with E-state index >= 15 is 0 Å². The summed E-state index contributed by atoms with van der Waals surface area (Å²) in [6.07, 6.45) is 1.69. The third-order valence-electron chi connectivity index (χ3n) is 0.332. The SMILES string of the molecule is CCSOSCC.CS. The van der Waals surface area contributed by atoms with E-state index in [-0.39, 0.29) is 0 Å². The Morgan fingerprint density at radius 1 is 1.11 bits per heavy atom. The molecule has 0 amide bonds. The number of thiol groups is 1. The van der Waals surface area contributed by atoms with E-state index in [4.69, 9.17) is 3.63 Å². The van der Waals surface area contributed by atoms with Gasteiger partial charge in [-0.3, -0.25) is 0 Å². The minimum Gasteiger partial charge on any atom is -0.247 e. The zero-order valence-electron chi connectivity index (χ0n) is 6.09. The van der Waals surface area contributed by atoms with Crippen molar-refractivity contribution in [3.63, 3.8) is 0 Å². The molecule has 0 unspecified atom stereocenters. The van der Waals surface area contributed by atoms with Crippen molar-refractivity contribution in [3.8, 4) is 0 Å². The molecule has 1 nitrogen and oxygen atoms in total. The fraction of sp³-hybridized carbons (Fsp3) is 1.00. The van der Waals surface area contributed by atoms with Crippen molar-refractivity contribution >= 4 is 36.7 Å². The van der Waals surface area contributed by atoms with Crippen LogP contribution in [-0.2, 0) is 3.63 Å². The van der Waals surface area contributed by atoms with E-state index in [1.165, 1.54) is 24.1 Å². The van der Waals surface area contributed by atoms with Crippen molar-refractivity contribution in [3.05, 3.63) is 0 Å². The molecule has 0 aromatic carbocycles. The Morgan fingerprint density at radius 3 is 1.67 bits per heavy atom. The normalized spacial score (nSPS) is 8.00. The van der Waals surface area contributed by atoms with Crippen molar-refractivity contribution < 1.29 is 3.63 Å². The van der Waals surface area contributed by atoms with Crippen LogP contribution in [0.3, 0.4) is 0 Å². The maximum absolute atomic E-state index is 4.97. The lowest BCUT2D eigenvalue weighted by atomic mass is 11.0. The maximum Gasteiger partial charge on any atom is 0.0182 e. The summed E-state index contributed by atoms with van der Waals surface area (Å²) in [5, 5.41) is 0. The zero-order valence-corrected chi connectivity index (χ0v) is 8.61. The summed E-state index contributed by atoms with van der Waals surface area (Å²) in [5.74, 6) is 2.07. The van der Waals surface area contributed by atoms with Crippen molar-refractivity contribution in [2.75, 3.05) is 17.8 Å². The van der Waals surface area contributed by atoms with E-state index in [0.29, 0.717) is 0 Å². The molecule has 58 valence electrons. The molecule has 0 N–H and O–H groups in total. The molecule has 0 aliphatic heterocycles. The fourth-order valence-corrected chi connectivity index (χ4v) is 1.17. The Bertz CT molecular complexity index is 31.4. The van der Waals surface area contributed by atoms with Crippen LogP contribution in [0.25, 0.3) is 0 Å². The highest BCUT2D eigenvalue weighted by molar-refractivity contribution is 8.07. The molecule has 4 heteroatoms. The molecule has 0 spiro atoms. The van der Waals surface area contributed by atoms with Gasteiger partial charge < -0.3 is 0 Å². The first-order valence-electron chi connectivity index (χ1n) is 2.77. The van der Waals surface area contributed by atoms with Crippen molar-refractivity contribution in [1.29, 1.82) is 0 Å². The lowest BCUT2D eigenvalue weighted by Gasteiger charge is -1.91. The summed E-state index contributed by atoms with van der Waals surface area (Å²) in [7, 11) is 0. The Morgan fingerprint density at radius 2 is 1.44 bits per heavy atom. The fourth-order valence-electron chi connectivity index (χ4n) is 0.130. The van der Waals surface area contributed by atoms with Gasteiger partial charge in [-0.1, -0.05) is 13.8 Å².